The van der Waals surface area contributed by atoms with Crippen LogP contribution in [0.2, 0.25) is 0 Å². The molecular weight excluding hydrogens is 314 g/mol. The molecule has 25 heavy (non-hydrogen) atoms. The Morgan fingerprint density at radius 2 is 2.04 bits per heavy atom. The quantitative estimate of drug-likeness (QED) is 0.662. The second-order valence-corrected chi connectivity index (χ2v) is 6.84. The molecule has 0 spiro atoms. The highest BCUT2D eigenvalue weighted by atomic mass is 16.3. The van der Waals surface area contributed by atoms with Gasteiger partial charge in [0.15, 0.2) is 5.82 Å². The summed E-state index contributed by atoms with van der Waals surface area (Å²) in [6.07, 6.45) is 5.18. The van der Waals surface area contributed by atoms with Crippen molar-refractivity contribution < 1.29 is 5.11 Å². The van der Waals surface area contributed by atoms with E-state index in [-0.39, 0.29) is 6.10 Å². The summed E-state index contributed by atoms with van der Waals surface area (Å²) in [7, 11) is 0. The van der Waals surface area contributed by atoms with Crippen molar-refractivity contribution in [2.24, 2.45) is 5.92 Å². The summed E-state index contributed by atoms with van der Waals surface area (Å²) >= 11 is 0. The van der Waals surface area contributed by atoms with E-state index < -0.39 is 0 Å². The van der Waals surface area contributed by atoms with Gasteiger partial charge in [-0.1, -0.05) is 30.3 Å². The van der Waals surface area contributed by atoms with Gasteiger partial charge in [-0.05, 0) is 24.3 Å². The van der Waals surface area contributed by atoms with Crippen molar-refractivity contribution in [2.75, 3.05) is 18.8 Å². The molecular formula is C19H23N5O. The van der Waals surface area contributed by atoms with Crippen molar-refractivity contribution in [3.05, 3.63) is 54.0 Å². The number of aromatic nitrogens is 3. The van der Waals surface area contributed by atoms with Gasteiger partial charge >= 0.3 is 0 Å². The summed E-state index contributed by atoms with van der Waals surface area (Å²) in [5.41, 5.74) is 9.97. The Balaban J connectivity index is 1.40. The fourth-order valence-electron chi connectivity index (χ4n) is 3.73. The number of anilines is 1. The normalized spacial score (nSPS) is 21.2. The van der Waals surface area contributed by atoms with Crippen LogP contribution in [0.1, 0.15) is 17.5 Å². The first-order chi connectivity index (χ1) is 12.2. The molecule has 2 aromatic heterocycles. The number of hydrogen-bond donors (Lipinski definition) is 3. The fourth-order valence-corrected chi connectivity index (χ4v) is 3.73. The van der Waals surface area contributed by atoms with Crippen LogP contribution < -0.4 is 5.73 Å². The van der Waals surface area contributed by atoms with Crippen LogP contribution in [0.25, 0.3) is 11.0 Å². The third-order valence-electron chi connectivity index (χ3n) is 5.09. The van der Waals surface area contributed by atoms with Crippen molar-refractivity contribution in [2.45, 2.75) is 25.5 Å². The van der Waals surface area contributed by atoms with E-state index in [0.717, 1.165) is 42.5 Å². The number of aliphatic hydroxyl groups excluding tert-OH is 1. The number of aliphatic hydroxyl groups is 1. The molecule has 4 N–H and O–H groups in total. The standard InChI is InChI=1S/C19H23N5O/c20-19-18-17(22-12-23-19)15(8-21-18)10-24-9-14(16(25)11-24)7-6-13-4-2-1-3-5-13/h1-5,8,12,14,16,21,25H,6-7,9-11H2,(H2,20,22,23)/t14-,16?/m0/s1. The lowest BCUT2D eigenvalue weighted by atomic mass is 9.97. The van der Waals surface area contributed by atoms with E-state index in [9.17, 15) is 5.11 Å². The molecule has 1 aromatic carbocycles. The average Bonchev–Trinajstić information content (AvgIpc) is 3.19. The fraction of sp³-hybridized carbons (Fsp3) is 0.368. The molecule has 3 heterocycles. The Hall–Kier alpha value is -2.44. The highest BCUT2D eigenvalue weighted by molar-refractivity contribution is 5.86. The predicted molar refractivity (Wildman–Crippen MR) is 97.8 cm³/mol. The van der Waals surface area contributed by atoms with E-state index in [0.29, 0.717) is 18.3 Å². The number of aryl methyl sites for hydroxylation is 1. The number of hydrogen-bond acceptors (Lipinski definition) is 5. The number of rotatable bonds is 5. The van der Waals surface area contributed by atoms with Gasteiger partial charge in [-0.3, -0.25) is 4.90 Å². The third-order valence-corrected chi connectivity index (χ3v) is 5.09. The molecule has 6 heteroatoms. The molecule has 1 fully saturated rings. The Labute approximate surface area is 146 Å². The average molecular weight is 337 g/mol. The predicted octanol–water partition coefficient (Wildman–Crippen LogP) is 1.97. The van der Waals surface area contributed by atoms with E-state index in [1.165, 1.54) is 11.9 Å². The van der Waals surface area contributed by atoms with Crippen LogP contribution in [-0.2, 0) is 13.0 Å². The number of nitrogen functional groups attached to an aromatic ring is 1. The van der Waals surface area contributed by atoms with E-state index in [1.807, 2.05) is 12.3 Å². The van der Waals surface area contributed by atoms with Gasteiger partial charge in [0.2, 0.25) is 0 Å². The van der Waals surface area contributed by atoms with Gasteiger partial charge in [0, 0.05) is 31.4 Å². The summed E-state index contributed by atoms with van der Waals surface area (Å²) in [5.74, 6) is 0.781. The summed E-state index contributed by atoms with van der Waals surface area (Å²) < 4.78 is 0. The molecule has 0 radical (unpaired) electrons. The smallest absolute Gasteiger partial charge is 0.151 e. The molecule has 0 amide bonds. The Kier molecular flexibility index (Phi) is 4.38. The molecule has 2 atom stereocenters. The third kappa shape index (κ3) is 3.36. The largest absolute Gasteiger partial charge is 0.391 e. The highest BCUT2D eigenvalue weighted by Crippen LogP contribution is 2.26. The number of fused-ring (bicyclic) bond motifs is 1. The number of H-pyrrole nitrogens is 1. The number of aromatic amines is 1. The number of β-amino-alcohol motifs (C(OH)–C–C–N with tert-alkyl or cyclic N) is 1. The van der Waals surface area contributed by atoms with Crippen molar-refractivity contribution in [1.82, 2.24) is 19.9 Å². The van der Waals surface area contributed by atoms with Gasteiger partial charge in [-0.2, -0.15) is 0 Å². The second kappa shape index (κ2) is 6.82. The van der Waals surface area contributed by atoms with E-state index in [4.69, 9.17) is 5.73 Å². The topological polar surface area (TPSA) is 91.1 Å². The van der Waals surface area contributed by atoms with E-state index >= 15 is 0 Å². The molecule has 6 nitrogen and oxygen atoms in total. The summed E-state index contributed by atoms with van der Waals surface area (Å²) in [4.78, 5) is 13.8. The SMILES string of the molecule is Nc1ncnc2c(CN3CC(O)[C@@H](CCc4ccccc4)C3)c[nH]c12. The minimum atomic E-state index is -0.270. The van der Waals surface area contributed by atoms with Gasteiger partial charge in [0.05, 0.1) is 11.6 Å². The van der Waals surface area contributed by atoms with Crippen molar-refractivity contribution in [3.63, 3.8) is 0 Å². The van der Waals surface area contributed by atoms with E-state index in [1.54, 1.807) is 0 Å². The van der Waals surface area contributed by atoms with Gasteiger partial charge in [0.25, 0.3) is 0 Å². The molecule has 4 rings (SSSR count). The first-order valence-corrected chi connectivity index (χ1v) is 8.71. The minimum absolute atomic E-state index is 0.270. The van der Waals surface area contributed by atoms with Crippen molar-refractivity contribution >= 4 is 16.9 Å². The van der Waals surface area contributed by atoms with Crippen LogP contribution >= 0.6 is 0 Å². The molecule has 1 saturated heterocycles. The summed E-state index contributed by atoms with van der Waals surface area (Å²) in [6, 6.07) is 10.5. The van der Waals surface area contributed by atoms with Crippen molar-refractivity contribution in [3.8, 4) is 0 Å². The first kappa shape index (κ1) is 16.1. The molecule has 0 saturated carbocycles. The minimum Gasteiger partial charge on any atom is -0.391 e. The zero-order valence-corrected chi connectivity index (χ0v) is 14.1. The highest BCUT2D eigenvalue weighted by Gasteiger charge is 2.31. The molecule has 0 aliphatic carbocycles. The van der Waals surface area contributed by atoms with Crippen LogP contribution in [0.3, 0.4) is 0 Å². The zero-order valence-electron chi connectivity index (χ0n) is 14.1. The molecule has 130 valence electrons. The Morgan fingerprint density at radius 3 is 2.88 bits per heavy atom. The van der Waals surface area contributed by atoms with E-state index in [2.05, 4.69) is 44.1 Å². The molecule has 0 bridgehead atoms. The maximum absolute atomic E-state index is 10.4. The second-order valence-electron chi connectivity index (χ2n) is 6.84. The van der Waals surface area contributed by atoms with Gasteiger partial charge in [0.1, 0.15) is 11.8 Å². The number of benzene rings is 1. The maximum Gasteiger partial charge on any atom is 0.151 e. The lowest BCUT2D eigenvalue weighted by molar-refractivity contribution is 0.137. The van der Waals surface area contributed by atoms with Crippen LogP contribution in [0, 0.1) is 5.92 Å². The number of nitrogens with two attached hydrogens (primary N) is 1. The van der Waals surface area contributed by atoms with Crippen molar-refractivity contribution in [1.29, 1.82) is 0 Å². The van der Waals surface area contributed by atoms with Crippen LogP contribution in [0.4, 0.5) is 5.82 Å². The Morgan fingerprint density at radius 1 is 1.20 bits per heavy atom. The molecule has 3 aromatic rings. The lowest BCUT2D eigenvalue weighted by Gasteiger charge is -2.15. The molecule has 1 aliphatic rings. The summed E-state index contributed by atoms with van der Waals surface area (Å²) in [6.45, 7) is 2.36. The lowest BCUT2D eigenvalue weighted by Crippen LogP contribution is -2.21. The van der Waals surface area contributed by atoms with Gasteiger partial charge < -0.3 is 15.8 Å². The molecule has 1 aliphatic heterocycles. The Bertz CT molecular complexity index is 847. The number of nitrogens with one attached hydrogen (secondary N) is 1. The number of nitrogens with zero attached hydrogens (tertiary/aromatic N) is 3. The van der Waals surface area contributed by atoms with Gasteiger partial charge in [-0.25, -0.2) is 9.97 Å². The van der Waals surface area contributed by atoms with Crippen LogP contribution in [0.15, 0.2) is 42.9 Å². The summed E-state index contributed by atoms with van der Waals surface area (Å²) in [5, 5.41) is 10.4. The number of likely N-dealkylation sites (tertiary alicyclic amines) is 1. The van der Waals surface area contributed by atoms with Gasteiger partial charge in [-0.15, -0.1) is 0 Å². The van der Waals surface area contributed by atoms with Crippen LogP contribution in [0.5, 0.6) is 0 Å². The zero-order chi connectivity index (χ0) is 17.2. The van der Waals surface area contributed by atoms with Crippen LogP contribution in [-0.4, -0.2) is 44.2 Å². The molecule has 1 unspecified atom stereocenters. The monoisotopic (exact) mass is 337 g/mol. The first-order valence-electron chi connectivity index (χ1n) is 8.71. The maximum atomic E-state index is 10.4.